The van der Waals surface area contributed by atoms with Crippen LogP contribution in [0, 0.1) is 0 Å². The second-order valence-corrected chi connectivity index (χ2v) is 6.77. The van der Waals surface area contributed by atoms with Crippen LogP contribution in [0.2, 0.25) is 0 Å². The molecule has 1 heterocycles. The summed E-state index contributed by atoms with van der Waals surface area (Å²) >= 11 is 1.44. The largest absolute Gasteiger partial charge is 0.451 e. The summed E-state index contributed by atoms with van der Waals surface area (Å²) < 4.78 is 4.97. The van der Waals surface area contributed by atoms with Gasteiger partial charge in [-0.15, -0.1) is 11.3 Å². The van der Waals surface area contributed by atoms with Gasteiger partial charge in [-0.2, -0.15) is 0 Å². The molecular weight excluding hydrogens is 304 g/mol. The van der Waals surface area contributed by atoms with Gasteiger partial charge in [-0.3, -0.25) is 10.1 Å². The molecule has 3 rings (SSSR count). The monoisotopic (exact) mass is 322 g/mol. The Morgan fingerprint density at radius 1 is 1.23 bits per heavy atom. The second-order valence-electron chi connectivity index (χ2n) is 5.64. The maximum Gasteiger partial charge on any atom is 0.348 e. The SMILES string of the molecule is O=C(COC(=O)c1cc2c(s1)CCCC2)NC(=O)NC1CC1. The van der Waals surface area contributed by atoms with E-state index in [1.54, 1.807) is 0 Å². The lowest BCUT2D eigenvalue weighted by Gasteiger charge is -2.08. The Bertz CT molecular complexity index is 583. The third kappa shape index (κ3) is 3.85. The second kappa shape index (κ2) is 6.48. The Morgan fingerprint density at radius 2 is 2.00 bits per heavy atom. The summed E-state index contributed by atoms with van der Waals surface area (Å²) in [5.74, 6) is -1.12. The fourth-order valence-electron chi connectivity index (χ4n) is 2.41. The van der Waals surface area contributed by atoms with E-state index in [2.05, 4.69) is 10.6 Å². The molecule has 0 radical (unpaired) electrons. The molecule has 1 saturated carbocycles. The summed E-state index contributed by atoms with van der Waals surface area (Å²) in [5.41, 5.74) is 1.22. The van der Waals surface area contributed by atoms with Gasteiger partial charge in [-0.1, -0.05) is 0 Å². The van der Waals surface area contributed by atoms with E-state index < -0.39 is 24.5 Å². The molecule has 1 aromatic rings. The number of hydrogen-bond acceptors (Lipinski definition) is 5. The van der Waals surface area contributed by atoms with Crippen molar-refractivity contribution in [3.63, 3.8) is 0 Å². The zero-order valence-corrected chi connectivity index (χ0v) is 13.0. The van der Waals surface area contributed by atoms with Crippen molar-refractivity contribution in [2.45, 2.75) is 44.6 Å². The first kappa shape index (κ1) is 15.0. The summed E-state index contributed by atoms with van der Waals surface area (Å²) in [6.07, 6.45) is 6.20. The highest BCUT2D eigenvalue weighted by molar-refractivity contribution is 7.14. The highest BCUT2D eigenvalue weighted by Gasteiger charge is 2.24. The van der Waals surface area contributed by atoms with E-state index in [9.17, 15) is 14.4 Å². The lowest BCUT2D eigenvalue weighted by molar-refractivity contribution is -0.123. The Labute approximate surface area is 132 Å². The van der Waals surface area contributed by atoms with Gasteiger partial charge < -0.3 is 10.1 Å². The molecule has 6 nitrogen and oxygen atoms in total. The highest BCUT2D eigenvalue weighted by atomic mass is 32.1. The van der Waals surface area contributed by atoms with Crippen LogP contribution in [0.1, 0.15) is 45.8 Å². The van der Waals surface area contributed by atoms with Gasteiger partial charge in [0.25, 0.3) is 5.91 Å². The van der Waals surface area contributed by atoms with Gasteiger partial charge >= 0.3 is 12.0 Å². The molecule has 3 amide bonds. The molecule has 0 bridgehead atoms. The van der Waals surface area contributed by atoms with Crippen molar-refractivity contribution in [1.82, 2.24) is 10.6 Å². The van der Waals surface area contributed by atoms with Crippen molar-refractivity contribution >= 4 is 29.2 Å². The lowest BCUT2D eigenvalue weighted by Crippen LogP contribution is -2.42. The number of amides is 3. The first-order valence-corrected chi connectivity index (χ1v) is 8.32. The lowest BCUT2D eigenvalue weighted by atomic mass is 9.99. The normalized spacial score (nSPS) is 16.5. The molecule has 0 aromatic carbocycles. The van der Waals surface area contributed by atoms with Crippen LogP contribution in [-0.2, 0) is 22.4 Å². The fourth-order valence-corrected chi connectivity index (χ4v) is 3.55. The predicted octanol–water partition coefficient (Wildman–Crippen LogP) is 1.77. The molecule has 118 valence electrons. The van der Waals surface area contributed by atoms with Crippen LogP contribution >= 0.6 is 11.3 Å². The summed E-state index contributed by atoms with van der Waals surface area (Å²) in [4.78, 5) is 36.6. The van der Waals surface area contributed by atoms with Crippen LogP contribution in [0.5, 0.6) is 0 Å². The van der Waals surface area contributed by atoms with Crippen LogP contribution in [0.15, 0.2) is 6.07 Å². The molecule has 1 aromatic heterocycles. The number of aryl methyl sites for hydroxylation is 2. The third-order valence-electron chi connectivity index (χ3n) is 3.70. The smallest absolute Gasteiger partial charge is 0.348 e. The van der Waals surface area contributed by atoms with E-state index in [-0.39, 0.29) is 6.04 Å². The standard InChI is InChI=1S/C15H18N2O4S/c18-13(17-15(20)16-10-5-6-10)8-21-14(19)12-7-9-3-1-2-4-11(9)22-12/h7,10H,1-6,8H2,(H2,16,17,18,20). The van der Waals surface area contributed by atoms with E-state index in [4.69, 9.17) is 4.74 Å². The number of imide groups is 1. The molecule has 2 aliphatic rings. The van der Waals surface area contributed by atoms with Gasteiger partial charge in [0.1, 0.15) is 4.88 Å². The van der Waals surface area contributed by atoms with Crippen LogP contribution in [-0.4, -0.2) is 30.6 Å². The average molecular weight is 322 g/mol. The van der Waals surface area contributed by atoms with E-state index >= 15 is 0 Å². The number of hydrogen-bond donors (Lipinski definition) is 2. The van der Waals surface area contributed by atoms with Gasteiger partial charge in [0.05, 0.1) is 0 Å². The third-order valence-corrected chi connectivity index (χ3v) is 4.91. The minimum Gasteiger partial charge on any atom is -0.451 e. The van der Waals surface area contributed by atoms with E-state index in [0.717, 1.165) is 38.5 Å². The number of thiophene rings is 1. The number of esters is 1. The Balaban J connectivity index is 1.46. The van der Waals surface area contributed by atoms with Crippen molar-refractivity contribution in [2.75, 3.05) is 6.61 Å². The van der Waals surface area contributed by atoms with Gasteiger partial charge in [0.2, 0.25) is 0 Å². The number of nitrogens with one attached hydrogen (secondary N) is 2. The number of ether oxygens (including phenoxy) is 1. The Hall–Kier alpha value is -1.89. The first-order chi connectivity index (χ1) is 10.6. The predicted molar refractivity (Wildman–Crippen MR) is 80.9 cm³/mol. The van der Waals surface area contributed by atoms with Crippen molar-refractivity contribution in [3.8, 4) is 0 Å². The molecule has 0 aliphatic heterocycles. The summed E-state index contributed by atoms with van der Waals surface area (Å²) in [7, 11) is 0. The van der Waals surface area contributed by atoms with Crippen LogP contribution in [0.25, 0.3) is 0 Å². The number of urea groups is 1. The molecule has 2 N–H and O–H groups in total. The molecular formula is C15H18N2O4S. The van der Waals surface area contributed by atoms with Crippen LogP contribution in [0.4, 0.5) is 4.79 Å². The summed E-state index contributed by atoms with van der Waals surface area (Å²) in [6, 6.07) is 1.50. The van der Waals surface area contributed by atoms with Crippen molar-refractivity contribution in [1.29, 1.82) is 0 Å². The summed E-state index contributed by atoms with van der Waals surface area (Å²) in [6.45, 7) is -0.445. The number of carbonyl (C=O) groups is 3. The van der Waals surface area contributed by atoms with Gasteiger partial charge in [0.15, 0.2) is 6.61 Å². The summed E-state index contributed by atoms with van der Waals surface area (Å²) in [5, 5.41) is 4.77. The molecule has 22 heavy (non-hydrogen) atoms. The van der Waals surface area contributed by atoms with Crippen molar-refractivity contribution < 1.29 is 19.1 Å². The molecule has 0 spiro atoms. The van der Waals surface area contributed by atoms with Gasteiger partial charge in [-0.25, -0.2) is 9.59 Å². The Kier molecular flexibility index (Phi) is 4.42. The molecule has 0 unspecified atom stereocenters. The van der Waals surface area contributed by atoms with Crippen LogP contribution in [0.3, 0.4) is 0 Å². The van der Waals surface area contributed by atoms with E-state index in [0.29, 0.717) is 4.88 Å². The quantitative estimate of drug-likeness (QED) is 0.828. The molecule has 2 aliphatic carbocycles. The maximum absolute atomic E-state index is 11.9. The minimum absolute atomic E-state index is 0.174. The molecule has 7 heteroatoms. The molecule has 0 saturated heterocycles. The topological polar surface area (TPSA) is 84.5 Å². The first-order valence-electron chi connectivity index (χ1n) is 7.51. The van der Waals surface area contributed by atoms with Crippen LogP contribution < -0.4 is 10.6 Å². The van der Waals surface area contributed by atoms with Crippen molar-refractivity contribution in [2.24, 2.45) is 0 Å². The molecule has 0 atom stereocenters. The number of fused-ring (bicyclic) bond motifs is 1. The zero-order valence-electron chi connectivity index (χ0n) is 12.1. The number of rotatable bonds is 4. The fraction of sp³-hybridized carbons (Fsp3) is 0.533. The highest BCUT2D eigenvalue weighted by Crippen LogP contribution is 2.29. The maximum atomic E-state index is 11.9. The number of carbonyl (C=O) groups excluding carboxylic acids is 3. The zero-order chi connectivity index (χ0) is 15.5. The van der Waals surface area contributed by atoms with Crippen molar-refractivity contribution in [3.05, 3.63) is 21.4 Å². The van der Waals surface area contributed by atoms with E-state index in [1.165, 1.54) is 21.8 Å². The minimum atomic E-state index is -0.618. The average Bonchev–Trinajstić information content (AvgIpc) is 3.18. The Morgan fingerprint density at radius 3 is 2.73 bits per heavy atom. The van der Waals surface area contributed by atoms with E-state index in [1.807, 2.05) is 6.07 Å². The van der Waals surface area contributed by atoms with Gasteiger partial charge in [-0.05, 0) is 50.2 Å². The van der Waals surface area contributed by atoms with Gasteiger partial charge in [0, 0.05) is 10.9 Å². The molecule has 1 fully saturated rings.